The maximum absolute atomic E-state index is 13.1. The van der Waals surface area contributed by atoms with E-state index < -0.39 is 17.8 Å². The molecule has 0 fully saturated rings. The van der Waals surface area contributed by atoms with Gasteiger partial charge in [0, 0.05) is 0 Å². The van der Waals surface area contributed by atoms with Gasteiger partial charge in [0.2, 0.25) is 5.95 Å². The van der Waals surface area contributed by atoms with Gasteiger partial charge < -0.3 is 10.1 Å². The van der Waals surface area contributed by atoms with Crippen LogP contribution in [0.3, 0.4) is 0 Å². The lowest BCUT2D eigenvalue weighted by Gasteiger charge is -2.14. The minimum atomic E-state index is -0.711. The number of benzene rings is 1. The highest BCUT2D eigenvalue weighted by molar-refractivity contribution is 5.92. The molecule has 0 aliphatic heterocycles. The number of amides is 1. The zero-order valence-electron chi connectivity index (χ0n) is 12.5. The maximum atomic E-state index is 13.1. The zero-order valence-corrected chi connectivity index (χ0v) is 12.5. The van der Waals surface area contributed by atoms with Crippen molar-refractivity contribution in [1.82, 2.24) is 10.3 Å². The molecule has 2 atom stereocenters. The summed E-state index contributed by atoms with van der Waals surface area (Å²) in [6.45, 7) is 0. The summed E-state index contributed by atoms with van der Waals surface area (Å²) < 4.78 is 18.0. The highest BCUT2D eigenvalue weighted by Crippen LogP contribution is 2.40. The monoisotopic (exact) mass is 314 g/mol. The molecular formula is C17H15FN2O3. The van der Waals surface area contributed by atoms with E-state index in [4.69, 9.17) is 4.74 Å². The van der Waals surface area contributed by atoms with Crippen molar-refractivity contribution < 1.29 is 18.7 Å². The van der Waals surface area contributed by atoms with Crippen LogP contribution in [0, 0.1) is 5.95 Å². The van der Waals surface area contributed by atoms with E-state index in [0.717, 1.165) is 11.1 Å². The lowest BCUT2D eigenvalue weighted by atomic mass is 10.0. The molecule has 1 aliphatic rings. The van der Waals surface area contributed by atoms with Gasteiger partial charge in [-0.05, 0) is 29.7 Å². The molecule has 1 aliphatic carbocycles. The Morgan fingerprint density at radius 1 is 1.17 bits per heavy atom. The Labute approximate surface area is 132 Å². The molecule has 0 saturated carbocycles. The third-order valence-corrected chi connectivity index (χ3v) is 3.96. The number of esters is 1. The van der Waals surface area contributed by atoms with Gasteiger partial charge in [0.25, 0.3) is 5.91 Å². The molecule has 0 bridgehead atoms. The predicted octanol–water partition coefficient (Wildman–Crippen LogP) is 2.35. The van der Waals surface area contributed by atoms with Gasteiger partial charge in [0.15, 0.2) is 0 Å². The van der Waals surface area contributed by atoms with Crippen LogP contribution in [0.4, 0.5) is 4.39 Å². The first-order valence-electron chi connectivity index (χ1n) is 7.20. The molecule has 0 saturated heterocycles. The molecular weight excluding hydrogens is 299 g/mol. The summed E-state index contributed by atoms with van der Waals surface area (Å²) in [7, 11) is 1.34. The average molecular weight is 314 g/mol. The minimum Gasteiger partial charge on any atom is -0.469 e. The molecule has 0 unspecified atom stereocenters. The number of rotatable bonds is 3. The van der Waals surface area contributed by atoms with Crippen molar-refractivity contribution >= 4 is 11.9 Å². The number of halogens is 1. The number of hydrogen-bond acceptors (Lipinski definition) is 4. The van der Waals surface area contributed by atoms with Crippen molar-refractivity contribution in [3.63, 3.8) is 0 Å². The van der Waals surface area contributed by atoms with Crippen LogP contribution in [0.25, 0.3) is 0 Å². The summed E-state index contributed by atoms with van der Waals surface area (Å²) in [6, 6.07) is 11.1. The number of fused-ring (bicyclic) bond motifs is 1. The molecule has 1 heterocycles. The van der Waals surface area contributed by atoms with Gasteiger partial charge in [-0.1, -0.05) is 30.3 Å². The predicted molar refractivity (Wildman–Crippen MR) is 80.2 cm³/mol. The standard InChI is InChI=1S/C17H15FN2O3/c1-23-17(22)12-9-14(11-6-3-2-5-10(11)12)20-16(21)13-7-4-8-15(18)19-13/h2-8,12,14H,9H2,1H3,(H,20,21)/t12-,14+/m1/s1. The Hall–Kier alpha value is -2.76. The number of nitrogens with zero attached hydrogens (tertiary/aromatic N) is 1. The fraction of sp³-hybridized carbons (Fsp3) is 0.235. The van der Waals surface area contributed by atoms with Gasteiger partial charge >= 0.3 is 5.97 Å². The molecule has 0 radical (unpaired) electrons. The number of pyridine rings is 1. The number of ether oxygens (including phenoxy) is 1. The second-order valence-electron chi connectivity index (χ2n) is 5.31. The maximum Gasteiger partial charge on any atom is 0.313 e. The van der Waals surface area contributed by atoms with Crippen molar-refractivity contribution in [2.75, 3.05) is 7.11 Å². The number of aromatic nitrogens is 1. The number of carbonyl (C=O) groups excluding carboxylic acids is 2. The molecule has 5 nitrogen and oxygen atoms in total. The van der Waals surface area contributed by atoms with Gasteiger partial charge in [0.05, 0.1) is 19.1 Å². The highest BCUT2D eigenvalue weighted by atomic mass is 19.1. The van der Waals surface area contributed by atoms with Crippen LogP contribution in [0.15, 0.2) is 42.5 Å². The van der Waals surface area contributed by atoms with Crippen molar-refractivity contribution in [3.8, 4) is 0 Å². The van der Waals surface area contributed by atoms with E-state index in [0.29, 0.717) is 6.42 Å². The number of hydrogen-bond donors (Lipinski definition) is 1. The molecule has 118 valence electrons. The SMILES string of the molecule is COC(=O)[C@@H]1C[C@H](NC(=O)c2cccc(F)n2)c2ccccc21. The fourth-order valence-corrected chi connectivity index (χ4v) is 2.90. The van der Waals surface area contributed by atoms with Gasteiger partial charge in [0.1, 0.15) is 5.69 Å². The second-order valence-corrected chi connectivity index (χ2v) is 5.31. The lowest BCUT2D eigenvalue weighted by molar-refractivity contribution is -0.142. The fourth-order valence-electron chi connectivity index (χ4n) is 2.90. The summed E-state index contributed by atoms with van der Waals surface area (Å²) in [5.41, 5.74) is 1.72. The van der Waals surface area contributed by atoms with Gasteiger partial charge in [-0.3, -0.25) is 9.59 Å². The van der Waals surface area contributed by atoms with Crippen LogP contribution < -0.4 is 5.32 Å². The molecule has 6 heteroatoms. The molecule has 23 heavy (non-hydrogen) atoms. The van der Waals surface area contributed by atoms with Crippen LogP contribution in [0.2, 0.25) is 0 Å². The molecule has 1 amide bonds. The number of carbonyl (C=O) groups is 2. The third kappa shape index (κ3) is 2.92. The van der Waals surface area contributed by atoms with E-state index in [1.807, 2.05) is 24.3 Å². The molecule has 1 aromatic carbocycles. The minimum absolute atomic E-state index is 0.00370. The van der Waals surface area contributed by atoms with Crippen LogP contribution in [-0.4, -0.2) is 24.0 Å². The van der Waals surface area contributed by atoms with Crippen molar-refractivity contribution in [2.45, 2.75) is 18.4 Å². The molecule has 0 spiro atoms. The molecule has 1 aromatic heterocycles. The van der Waals surface area contributed by atoms with E-state index in [9.17, 15) is 14.0 Å². The van der Waals surface area contributed by atoms with E-state index in [1.54, 1.807) is 0 Å². The largest absolute Gasteiger partial charge is 0.469 e. The quantitative estimate of drug-likeness (QED) is 0.697. The first-order chi connectivity index (χ1) is 11.1. The van der Waals surface area contributed by atoms with E-state index in [-0.39, 0.29) is 17.7 Å². The van der Waals surface area contributed by atoms with E-state index >= 15 is 0 Å². The molecule has 1 N–H and O–H groups in total. The van der Waals surface area contributed by atoms with Gasteiger partial charge in [-0.25, -0.2) is 4.98 Å². The Balaban J connectivity index is 1.84. The van der Waals surface area contributed by atoms with Gasteiger partial charge in [-0.2, -0.15) is 4.39 Å². The van der Waals surface area contributed by atoms with Crippen molar-refractivity contribution in [1.29, 1.82) is 0 Å². The number of nitrogens with one attached hydrogen (secondary N) is 1. The lowest BCUT2D eigenvalue weighted by Crippen LogP contribution is -2.28. The average Bonchev–Trinajstić information content (AvgIpc) is 2.93. The topological polar surface area (TPSA) is 68.3 Å². The van der Waals surface area contributed by atoms with E-state index in [1.165, 1.54) is 25.3 Å². The summed E-state index contributed by atoms with van der Waals surface area (Å²) in [4.78, 5) is 27.7. The zero-order chi connectivity index (χ0) is 16.4. The first-order valence-corrected chi connectivity index (χ1v) is 7.20. The van der Waals surface area contributed by atoms with Crippen LogP contribution in [0.1, 0.15) is 40.0 Å². The normalized spacial score (nSPS) is 19.0. The van der Waals surface area contributed by atoms with Crippen molar-refractivity contribution in [2.24, 2.45) is 0 Å². The first kappa shape index (κ1) is 15.1. The van der Waals surface area contributed by atoms with Crippen molar-refractivity contribution in [3.05, 3.63) is 65.2 Å². The Bertz CT molecular complexity index is 763. The van der Waals surface area contributed by atoms with Gasteiger partial charge in [-0.15, -0.1) is 0 Å². The van der Waals surface area contributed by atoms with Crippen LogP contribution in [0.5, 0.6) is 0 Å². The smallest absolute Gasteiger partial charge is 0.313 e. The Morgan fingerprint density at radius 2 is 1.91 bits per heavy atom. The summed E-state index contributed by atoms with van der Waals surface area (Å²) in [5, 5.41) is 2.81. The second kappa shape index (κ2) is 6.16. The Morgan fingerprint density at radius 3 is 2.61 bits per heavy atom. The molecule has 3 rings (SSSR count). The van der Waals surface area contributed by atoms with Crippen LogP contribution >= 0.6 is 0 Å². The number of methoxy groups -OCH3 is 1. The Kier molecular flexibility index (Phi) is 4.06. The highest BCUT2D eigenvalue weighted by Gasteiger charge is 2.36. The summed E-state index contributed by atoms with van der Waals surface area (Å²) >= 11 is 0. The third-order valence-electron chi connectivity index (χ3n) is 3.96. The van der Waals surface area contributed by atoms with E-state index in [2.05, 4.69) is 10.3 Å². The summed E-state index contributed by atoms with van der Waals surface area (Å²) in [5.74, 6) is -1.94. The van der Waals surface area contributed by atoms with Crippen LogP contribution in [-0.2, 0) is 9.53 Å². The summed E-state index contributed by atoms with van der Waals surface area (Å²) in [6.07, 6.45) is 0.410. The molecule has 2 aromatic rings.